The molecule has 2 aliphatic carbocycles. The summed E-state index contributed by atoms with van der Waals surface area (Å²) in [6.45, 7) is -0.909. The predicted octanol–water partition coefficient (Wildman–Crippen LogP) is 7.72. The number of halogens is 4. The van der Waals surface area contributed by atoms with Crippen LogP contribution in [0.1, 0.15) is 76.7 Å². The van der Waals surface area contributed by atoms with Gasteiger partial charge in [0.1, 0.15) is 6.10 Å². The van der Waals surface area contributed by atoms with Crippen molar-refractivity contribution in [1.29, 1.82) is 0 Å². The van der Waals surface area contributed by atoms with Gasteiger partial charge in [-0.2, -0.15) is 8.78 Å². The van der Waals surface area contributed by atoms with Crippen LogP contribution in [0.3, 0.4) is 0 Å². The average molecular weight is 441 g/mol. The summed E-state index contributed by atoms with van der Waals surface area (Å²) in [6.07, 6.45) is 13.7. The first-order valence-electron chi connectivity index (χ1n) is 11.7. The zero-order valence-corrected chi connectivity index (χ0v) is 18.1. The van der Waals surface area contributed by atoms with Gasteiger partial charge >= 0.3 is 6.61 Å². The van der Waals surface area contributed by atoms with Crippen molar-refractivity contribution in [2.24, 2.45) is 23.7 Å². The van der Waals surface area contributed by atoms with Crippen LogP contribution in [0.4, 0.5) is 17.6 Å². The van der Waals surface area contributed by atoms with Crippen molar-refractivity contribution in [3.63, 3.8) is 0 Å². The molecule has 2 fully saturated rings. The van der Waals surface area contributed by atoms with Crippen molar-refractivity contribution in [1.82, 2.24) is 0 Å². The molecule has 1 unspecified atom stereocenters. The minimum absolute atomic E-state index is 0.146. The fourth-order valence-corrected chi connectivity index (χ4v) is 5.85. The molecule has 4 rings (SSSR count). The van der Waals surface area contributed by atoms with E-state index in [9.17, 15) is 17.6 Å². The summed E-state index contributed by atoms with van der Waals surface area (Å²) in [5.74, 6) is -0.122. The lowest BCUT2D eigenvalue weighted by atomic mass is 9.68. The van der Waals surface area contributed by atoms with Crippen LogP contribution in [0.5, 0.6) is 5.75 Å². The van der Waals surface area contributed by atoms with E-state index in [0.717, 1.165) is 36.3 Å². The zero-order chi connectivity index (χ0) is 22.0. The topological polar surface area (TPSA) is 18.5 Å². The van der Waals surface area contributed by atoms with Crippen molar-refractivity contribution in [3.05, 3.63) is 35.6 Å². The molecule has 0 spiro atoms. The highest BCUT2D eigenvalue weighted by molar-refractivity contribution is 5.66. The van der Waals surface area contributed by atoms with E-state index < -0.39 is 24.0 Å². The van der Waals surface area contributed by atoms with Crippen molar-refractivity contribution >= 4 is 5.57 Å². The molecule has 0 saturated heterocycles. The van der Waals surface area contributed by atoms with Crippen LogP contribution in [0, 0.1) is 35.3 Å². The number of alkyl halides is 2. The molecule has 0 N–H and O–H groups in total. The van der Waals surface area contributed by atoms with Gasteiger partial charge in [0.25, 0.3) is 0 Å². The zero-order valence-electron chi connectivity index (χ0n) is 18.1. The van der Waals surface area contributed by atoms with Crippen molar-refractivity contribution < 1.29 is 27.0 Å². The molecule has 1 aromatic rings. The maximum absolute atomic E-state index is 14.0. The first-order valence-corrected chi connectivity index (χ1v) is 11.7. The van der Waals surface area contributed by atoms with Gasteiger partial charge in [-0.05, 0) is 98.3 Å². The van der Waals surface area contributed by atoms with E-state index in [2.05, 4.69) is 11.7 Å². The monoisotopic (exact) mass is 440 g/mol. The van der Waals surface area contributed by atoms with E-state index in [-0.39, 0.29) is 6.10 Å². The predicted molar refractivity (Wildman–Crippen MR) is 112 cm³/mol. The van der Waals surface area contributed by atoms with Crippen LogP contribution in [-0.4, -0.2) is 12.7 Å². The molecule has 6 heteroatoms. The SMILES string of the molecule is CC1CCC(C2CCC(C3CCC(c4cc(F)c(OC(F)F)c(F)c4)=CO3)CC2)CC1. The molecule has 0 aromatic heterocycles. The van der Waals surface area contributed by atoms with Gasteiger partial charge in [-0.15, -0.1) is 0 Å². The van der Waals surface area contributed by atoms with E-state index in [1.807, 2.05) is 0 Å². The summed E-state index contributed by atoms with van der Waals surface area (Å²) in [7, 11) is 0. The Hall–Kier alpha value is -1.72. The van der Waals surface area contributed by atoms with E-state index in [1.165, 1.54) is 51.4 Å². The van der Waals surface area contributed by atoms with E-state index >= 15 is 0 Å². The average Bonchev–Trinajstić information content (AvgIpc) is 2.77. The first-order chi connectivity index (χ1) is 14.9. The number of hydrogen-bond donors (Lipinski definition) is 0. The molecule has 1 aliphatic heterocycles. The lowest BCUT2D eigenvalue weighted by Crippen LogP contribution is -2.31. The van der Waals surface area contributed by atoms with Crippen LogP contribution < -0.4 is 4.74 Å². The third kappa shape index (κ3) is 5.38. The second-order valence-corrected chi connectivity index (χ2v) is 9.70. The Kier molecular flexibility index (Phi) is 7.12. The summed E-state index contributed by atoms with van der Waals surface area (Å²) < 4.78 is 62.6. The molecule has 172 valence electrons. The summed E-state index contributed by atoms with van der Waals surface area (Å²) in [6, 6.07) is 2.07. The molecule has 0 radical (unpaired) electrons. The van der Waals surface area contributed by atoms with Crippen molar-refractivity contribution in [2.75, 3.05) is 0 Å². The number of benzene rings is 1. The summed E-state index contributed by atoms with van der Waals surface area (Å²) >= 11 is 0. The highest BCUT2D eigenvalue weighted by Gasteiger charge is 2.34. The van der Waals surface area contributed by atoms with Crippen molar-refractivity contribution in [2.45, 2.75) is 83.8 Å². The smallest absolute Gasteiger partial charge is 0.387 e. The van der Waals surface area contributed by atoms with Crippen molar-refractivity contribution in [3.8, 4) is 5.75 Å². The summed E-state index contributed by atoms with van der Waals surface area (Å²) in [4.78, 5) is 0. The first kappa shape index (κ1) is 22.5. The number of rotatable bonds is 5. The molecule has 1 aromatic carbocycles. The van der Waals surface area contributed by atoms with Gasteiger partial charge in [0, 0.05) is 0 Å². The van der Waals surface area contributed by atoms with Crippen LogP contribution in [0.2, 0.25) is 0 Å². The normalized spacial score (nSPS) is 31.8. The minimum Gasteiger partial charge on any atom is -0.497 e. The standard InChI is InChI=1S/C25H32F4O2/c1-15-2-4-16(5-3-15)17-6-8-18(9-7-17)23-11-10-19(14-30-23)20-12-21(26)24(22(27)13-20)31-25(28)29/h12-18,23,25H,2-11H2,1H3. The molecule has 0 amide bonds. The second kappa shape index (κ2) is 9.83. The summed E-state index contributed by atoms with van der Waals surface area (Å²) in [5, 5.41) is 0. The van der Waals surface area contributed by atoms with Gasteiger partial charge in [0.05, 0.1) is 6.26 Å². The molecule has 3 aliphatic rings. The van der Waals surface area contributed by atoms with Crippen LogP contribution >= 0.6 is 0 Å². The molecule has 1 heterocycles. The molecule has 0 bridgehead atoms. The second-order valence-electron chi connectivity index (χ2n) is 9.70. The van der Waals surface area contributed by atoms with Gasteiger partial charge in [0.2, 0.25) is 0 Å². The molecular weight excluding hydrogens is 408 g/mol. The van der Waals surface area contributed by atoms with Gasteiger partial charge in [-0.1, -0.05) is 19.8 Å². The quantitative estimate of drug-likeness (QED) is 0.436. The summed E-state index contributed by atoms with van der Waals surface area (Å²) in [5.41, 5.74) is 0.993. The maximum Gasteiger partial charge on any atom is 0.387 e. The Balaban J connectivity index is 1.32. The van der Waals surface area contributed by atoms with Crippen LogP contribution in [0.25, 0.3) is 5.57 Å². The largest absolute Gasteiger partial charge is 0.497 e. The minimum atomic E-state index is -3.27. The third-order valence-corrected chi connectivity index (χ3v) is 7.73. The molecule has 31 heavy (non-hydrogen) atoms. The highest BCUT2D eigenvalue weighted by Crippen LogP contribution is 2.44. The highest BCUT2D eigenvalue weighted by atomic mass is 19.3. The van der Waals surface area contributed by atoms with Gasteiger partial charge in [-0.25, -0.2) is 8.78 Å². The molecule has 1 atom stereocenters. The Labute approximate surface area is 182 Å². The molecule has 2 saturated carbocycles. The third-order valence-electron chi connectivity index (χ3n) is 7.73. The number of hydrogen-bond acceptors (Lipinski definition) is 2. The van der Waals surface area contributed by atoms with Crippen LogP contribution in [0.15, 0.2) is 18.4 Å². The van der Waals surface area contributed by atoms with Gasteiger partial charge in [-0.3, -0.25) is 0 Å². The van der Waals surface area contributed by atoms with Gasteiger partial charge in [0.15, 0.2) is 17.4 Å². The van der Waals surface area contributed by atoms with E-state index in [1.54, 1.807) is 6.26 Å². The number of ether oxygens (including phenoxy) is 2. The lowest BCUT2D eigenvalue weighted by molar-refractivity contribution is -0.0546. The maximum atomic E-state index is 14.0. The Morgan fingerprint density at radius 3 is 1.90 bits per heavy atom. The molecular formula is C25H32F4O2. The number of allylic oxidation sites excluding steroid dienone is 1. The molecule has 2 nitrogen and oxygen atoms in total. The Bertz CT molecular complexity index is 755. The van der Waals surface area contributed by atoms with Gasteiger partial charge < -0.3 is 9.47 Å². The lowest BCUT2D eigenvalue weighted by Gasteiger charge is -2.39. The van der Waals surface area contributed by atoms with E-state index in [0.29, 0.717) is 23.5 Å². The van der Waals surface area contributed by atoms with E-state index in [4.69, 9.17) is 4.74 Å². The van der Waals surface area contributed by atoms with Crippen LogP contribution in [-0.2, 0) is 4.74 Å². The Morgan fingerprint density at radius 2 is 1.39 bits per heavy atom. The fraction of sp³-hybridized carbons (Fsp3) is 0.680. The fourth-order valence-electron chi connectivity index (χ4n) is 5.85. The Morgan fingerprint density at radius 1 is 0.839 bits per heavy atom.